The van der Waals surface area contributed by atoms with Gasteiger partial charge in [-0.15, -0.1) is 0 Å². The summed E-state index contributed by atoms with van der Waals surface area (Å²) in [5.74, 6) is -0.474. The van der Waals surface area contributed by atoms with Gasteiger partial charge < -0.3 is 15.5 Å². The van der Waals surface area contributed by atoms with Crippen molar-refractivity contribution >= 4 is 28.4 Å². The van der Waals surface area contributed by atoms with Crippen LogP contribution in [0.15, 0.2) is 36.5 Å². The molecule has 1 unspecified atom stereocenters. The number of carbonyl (C=O) groups excluding carboxylic acids is 2. The highest BCUT2D eigenvalue weighted by atomic mass is 16.2. The summed E-state index contributed by atoms with van der Waals surface area (Å²) in [7, 11) is 0. The van der Waals surface area contributed by atoms with E-state index in [1.165, 1.54) is 25.9 Å². The Morgan fingerprint density at radius 2 is 2.04 bits per heavy atom. The number of hydrogen-bond donors (Lipinski definition) is 2. The minimum absolute atomic E-state index is 0.517. The predicted octanol–water partition coefficient (Wildman–Crippen LogP) is 2.80. The summed E-state index contributed by atoms with van der Waals surface area (Å²) in [4.78, 5) is 31.0. The van der Waals surface area contributed by atoms with Crippen LogP contribution in [0.5, 0.6) is 0 Å². The summed E-state index contributed by atoms with van der Waals surface area (Å²) in [5.41, 5.74) is 1.23. The first-order chi connectivity index (χ1) is 13.1. The average molecular weight is 368 g/mol. The van der Waals surface area contributed by atoms with E-state index in [-0.39, 0.29) is 0 Å². The lowest BCUT2D eigenvalue weighted by atomic mass is 10.0. The number of amides is 2. The number of benzene rings is 1. The highest BCUT2D eigenvalue weighted by molar-refractivity contribution is 6.40. The molecule has 2 aromatic rings. The van der Waals surface area contributed by atoms with Gasteiger partial charge in [0.05, 0.1) is 11.2 Å². The van der Waals surface area contributed by atoms with Gasteiger partial charge in [-0.25, -0.2) is 0 Å². The molecule has 27 heavy (non-hydrogen) atoms. The normalized spacial score (nSPS) is 17.6. The van der Waals surface area contributed by atoms with Gasteiger partial charge in [0.1, 0.15) is 0 Å². The molecule has 1 aliphatic heterocycles. The maximum Gasteiger partial charge on any atom is 0.313 e. The molecular weight excluding hydrogens is 340 g/mol. The fraction of sp³-hybridized carbons (Fsp3) is 0.476. The van der Waals surface area contributed by atoms with Crippen LogP contribution in [0, 0.1) is 5.92 Å². The number of rotatable bonds is 6. The van der Waals surface area contributed by atoms with Crippen molar-refractivity contribution in [2.24, 2.45) is 5.92 Å². The lowest BCUT2D eigenvalue weighted by Crippen LogP contribution is -2.37. The van der Waals surface area contributed by atoms with Gasteiger partial charge in [0.25, 0.3) is 0 Å². The van der Waals surface area contributed by atoms with E-state index in [0.29, 0.717) is 17.7 Å². The van der Waals surface area contributed by atoms with Crippen molar-refractivity contribution in [1.29, 1.82) is 0 Å². The van der Waals surface area contributed by atoms with Gasteiger partial charge in [-0.1, -0.05) is 25.1 Å². The van der Waals surface area contributed by atoms with Gasteiger partial charge in [-0.2, -0.15) is 0 Å². The van der Waals surface area contributed by atoms with E-state index in [4.69, 9.17) is 0 Å². The van der Waals surface area contributed by atoms with Crippen molar-refractivity contribution in [3.63, 3.8) is 0 Å². The summed E-state index contributed by atoms with van der Waals surface area (Å²) in [6, 6.07) is 9.26. The van der Waals surface area contributed by atoms with Crippen LogP contribution in [0.3, 0.4) is 0 Å². The standard InChI is InChI=1S/C21H28N4O2/c1-16-7-6-14-25(15-16)13-3-2-11-23-20(26)21(27)24-18-10-4-8-17-9-5-12-22-19(17)18/h4-5,8-10,12,16H,2-3,6-7,11,13-15H2,1H3,(H,23,26)(H,24,27). The second kappa shape index (κ2) is 9.46. The topological polar surface area (TPSA) is 74.3 Å². The maximum absolute atomic E-state index is 12.1. The summed E-state index contributed by atoms with van der Waals surface area (Å²) < 4.78 is 0. The second-order valence-corrected chi connectivity index (χ2v) is 7.35. The van der Waals surface area contributed by atoms with Crippen molar-refractivity contribution < 1.29 is 9.59 Å². The molecule has 1 fully saturated rings. The van der Waals surface area contributed by atoms with Crippen molar-refractivity contribution in [2.45, 2.75) is 32.6 Å². The van der Waals surface area contributed by atoms with E-state index < -0.39 is 11.8 Å². The lowest BCUT2D eigenvalue weighted by Gasteiger charge is -2.30. The van der Waals surface area contributed by atoms with Crippen LogP contribution in [0.1, 0.15) is 32.6 Å². The average Bonchev–Trinajstić information content (AvgIpc) is 2.68. The number of unbranched alkanes of at least 4 members (excludes halogenated alkanes) is 1. The Bertz CT molecular complexity index is 787. The number of aromatic nitrogens is 1. The molecular formula is C21H28N4O2. The van der Waals surface area contributed by atoms with Gasteiger partial charge >= 0.3 is 11.8 Å². The Hall–Kier alpha value is -2.47. The third-order valence-corrected chi connectivity index (χ3v) is 5.01. The van der Waals surface area contributed by atoms with Crippen LogP contribution in [0.2, 0.25) is 0 Å². The largest absolute Gasteiger partial charge is 0.348 e. The predicted molar refractivity (Wildman–Crippen MR) is 107 cm³/mol. The van der Waals surface area contributed by atoms with Crippen molar-refractivity contribution in [3.05, 3.63) is 36.5 Å². The molecule has 1 saturated heterocycles. The van der Waals surface area contributed by atoms with E-state index in [9.17, 15) is 9.59 Å². The maximum atomic E-state index is 12.1. The van der Waals surface area contributed by atoms with Crippen molar-refractivity contribution in [2.75, 3.05) is 31.5 Å². The van der Waals surface area contributed by atoms with Crippen molar-refractivity contribution in [1.82, 2.24) is 15.2 Å². The highest BCUT2D eigenvalue weighted by Gasteiger charge is 2.16. The molecule has 0 aliphatic carbocycles. The number of nitrogens with zero attached hydrogens (tertiary/aromatic N) is 2. The van der Waals surface area contributed by atoms with E-state index >= 15 is 0 Å². The zero-order valence-electron chi connectivity index (χ0n) is 15.9. The molecule has 1 aromatic heterocycles. The molecule has 6 heteroatoms. The number of anilines is 1. The van der Waals surface area contributed by atoms with E-state index in [1.807, 2.05) is 24.3 Å². The first-order valence-electron chi connectivity index (χ1n) is 9.79. The Balaban J connectivity index is 1.39. The third kappa shape index (κ3) is 5.50. The molecule has 6 nitrogen and oxygen atoms in total. The SMILES string of the molecule is CC1CCCN(CCCCNC(=O)C(=O)Nc2cccc3cccnc23)C1. The van der Waals surface area contributed by atoms with Crippen LogP contribution >= 0.6 is 0 Å². The number of pyridine rings is 1. The zero-order valence-corrected chi connectivity index (χ0v) is 15.9. The Kier molecular flexibility index (Phi) is 6.76. The van der Waals surface area contributed by atoms with E-state index in [1.54, 1.807) is 12.3 Å². The smallest absolute Gasteiger partial charge is 0.313 e. The Morgan fingerprint density at radius 3 is 2.89 bits per heavy atom. The molecule has 1 aliphatic rings. The van der Waals surface area contributed by atoms with E-state index in [2.05, 4.69) is 27.4 Å². The molecule has 2 amide bonds. The van der Waals surface area contributed by atoms with Gasteiger partial charge in [0, 0.05) is 24.7 Å². The number of fused-ring (bicyclic) bond motifs is 1. The number of piperidine rings is 1. The molecule has 2 heterocycles. The first-order valence-corrected chi connectivity index (χ1v) is 9.79. The van der Waals surface area contributed by atoms with E-state index in [0.717, 1.165) is 30.7 Å². The van der Waals surface area contributed by atoms with Gasteiger partial charge in [0.15, 0.2) is 0 Å². The minimum Gasteiger partial charge on any atom is -0.348 e. The molecule has 0 bridgehead atoms. The van der Waals surface area contributed by atoms with Gasteiger partial charge in [0.2, 0.25) is 0 Å². The molecule has 1 aromatic carbocycles. The van der Waals surface area contributed by atoms with Crippen LogP contribution in [-0.4, -0.2) is 47.9 Å². The monoisotopic (exact) mass is 368 g/mol. The molecule has 0 radical (unpaired) electrons. The van der Waals surface area contributed by atoms with Crippen molar-refractivity contribution in [3.8, 4) is 0 Å². The molecule has 2 N–H and O–H groups in total. The Labute approximate surface area is 160 Å². The summed E-state index contributed by atoms with van der Waals surface area (Å²) in [6.45, 7) is 6.24. The summed E-state index contributed by atoms with van der Waals surface area (Å²) in [6.07, 6.45) is 6.18. The summed E-state index contributed by atoms with van der Waals surface area (Å²) in [5, 5.41) is 6.29. The van der Waals surface area contributed by atoms with Crippen LogP contribution in [0.25, 0.3) is 10.9 Å². The van der Waals surface area contributed by atoms with Crippen LogP contribution < -0.4 is 10.6 Å². The molecule has 0 saturated carbocycles. The number of likely N-dealkylation sites (tertiary alicyclic amines) is 1. The third-order valence-electron chi connectivity index (χ3n) is 5.01. The fourth-order valence-electron chi connectivity index (χ4n) is 3.62. The van der Waals surface area contributed by atoms with Gasteiger partial charge in [-0.3, -0.25) is 14.6 Å². The first kappa shape index (κ1) is 19.3. The minimum atomic E-state index is -0.655. The second-order valence-electron chi connectivity index (χ2n) is 7.35. The molecule has 0 spiro atoms. The molecule has 144 valence electrons. The van der Waals surface area contributed by atoms with Gasteiger partial charge in [-0.05, 0) is 56.8 Å². The fourth-order valence-corrected chi connectivity index (χ4v) is 3.62. The van der Waals surface area contributed by atoms with Crippen LogP contribution in [0.4, 0.5) is 5.69 Å². The number of carbonyl (C=O) groups is 2. The Morgan fingerprint density at radius 1 is 1.19 bits per heavy atom. The van der Waals surface area contributed by atoms with Crippen LogP contribution in [-0.2, 0) is 9.59 Å². The zero-order chi connectivity index (χ0) is 19.1. The number of hydrogen-bond acceptors (Lipinski definition) is 4. The summed E-state index contributed by atoms with van der Waals surface area (Å²) >= 11 is 0. The lowest BCUT2D eigenvalue weighted by molar-refractivity contribution is -0.136. The highest BCUT2D eigenvalue weighted by Crippen LogP contribution is 2.20. The number of nitrogens with one attached hydrogen (secondary N) is 2. The molecule has 3 rings (SSSR count). The number of para-hydroxylation sites is 1. The molecule has 1 atom stereocenters. The quantitative estimate of drug-likeness (QED) is 0.607.